The number of aromatic nitrogens is 2. The van der Waals surface area contributed by atoms with Crippen LogP contribution in [0, 0.1) is 5.41 Å². The molecule has 0 aliphatic heterocycles. The van der Waals surface area contributed by atoms with Crippen LogP contribution in [0.25, 0.3) is 0 Å². The Balaban J connectivity index is 2.45. The Morgan fingerprint density at radius 2 is 2.11 bits per heavy atom. The number of aliphatic hydroxyl groups excluding tert-OH is 1. The first kappa shape index (κ1) is 16.0. The Bertz CT molecular complexity index is 385. The van der Waals surface area contributed by atoms with Gasteiger partial charge in [0.25, 0.3) is 0 Å². The van der Waals surface area contributed by atoms with E-state index in [0.29, 0.717) is 0 Å². The molecule has 1 aromatic heterocycles. The second kappa shape index (κ2) is 6.91. The third kappa shape index (κ3) is 4.84. The van der Waals surface area contributed by atoms with Crippen LogP contribution in [-0.2, 0) is 13.6 Å². The molecule has 0 fully saturated rings. The summed E-state index contributed by atoms with van der Waals surface area (Å²) < 4.78 is 2.10. The van der Waals surface area contributed by atoms with Crippen LogP contribution in [-0.4, -0.2) is 41.9 Å². The zero-order valence-corrected chi connectivity index (χ0v) is 12.9. The number of hydrogen-bond acceptors (Lipinski definition) is 4. The van der Waals surface area contributed by atoms with Gasteiger partial charge in [-0.25, -0.2) is 4.98 Å². The summed E-state index contributed by atoms with van der Waals surface area (Å²) >= 11 is 0. The molecule has 1 heterocycles. The summed E-state index contributed by atoms with van der Waals surface area (Å²) in [5, 5.41) is 12.4. The highest BCUT2D eigenvalue weighted by atomic mass is 16.2. The summed E-state index contributed by atoms with van der Waals surface area (Å²) in [6.07, 6.45) is 3.82. The van der Waals surface area contributed by atoms with Gasteiger partial charge in [0.1, 0.15) is 0 Å². The number of aliphatic hydroxyl groups is 1. The van der Waals surface area contributed by atoms with Gasteiger partial charge >= 0.3 is 0 Å². The topological polar surface area (TPSA) is 53.3 Å². The Kier molecular flexibility index (Phi) is 5.82. The number of nitrogens with zero attached hydrogens (tertiary/aromatic N) is 3. The van der Waals surface area contributed by atoms with E-state index < -0.39 is 0 Å². The molecule has 0 aromatic carbocycles. The summed E-state index contributed by atoms with van der Waals surface area (Å²) in [7, 11) is 6.03. The first-order valence-electron chi connectivity index (χ1n) is 6.87. The van der Waals surface area contributed by atoms with E-state index in [1.165, 1.54) is 5.69 Å². The van der Waals surface area contributed by atoms with E-state index in [9.17, 15) is 0 Å². The lowest BCUT2D eigenvalue weighted by atomic mass is 9.88. The lowest BCUT2D eigenvalue weighted by Gasteiger charge is -2.24. The van der Waals surface area contributed by atoms with E-state index >= 15 is 0 Å². The number of imidazole rings is 1. The molecule has 5 nitrogen and oxygen atoms in total. The number of hydrogen-bond donors (Lipinski definition) is 2. The van der Waals surface area contributed by atoms with E-state index in [-0.39, 0.29) is 12.0 Å². The van der Waals surface area contributed by atoms with Crippen LogP contribution < -0.4 is 10.2 Å². The minimum absolute atomic E-state index is 0.214. The van der Waals surface area contributed by atoms with Crippen molar-refractivity contribution in [3.63, 3.8) is 0 Å². The first-order valence-corrected chi connectivity index (χ1v) is 6.87. The smallest absolute Gasteiger partial charge is 0.204 e. The van der Waals surface area contributed by atoms with Crippen molar-refractivity contribution < 1.29 is 5.11 Å². The van der Waals surface area contributed by atoms with Gasteiger partial charge in [0.15, 0.2) is 0 Å². The van der Waals surface area contributed by atoms with E-state index in [4.69, 9.17) is 5.11 Å². The fourth-order valence-corrected chi connectivity index (χ4v) is 2.19. The van der Waals surface area contributed by atoms with Gasteiger partial charge in [-0.3, -0.25) is 0 Å². The predicted molar refractivity (Wildman–Crippen MR) is 79.3 cm³/mol. The van der Waals surface area contributed by atoms with E-state index in [1.807, 2.05) is 32.2 Å². The average molecular weight is 268 g/mol. The zero-order valence-electron chi connectivity index (χ0n) is 12.9. The molecule has 0 radical (unpaired) electrons. The summed E-state index contributed by atoms with van der Waals surface area (Å²) in [4.78, 5) is 6.40. The molecule has 0 spiro atoms. The molecule has 19 heavy (non-hydrogen) atoms. The quantitative estimate of drug-likeness (QED) is 0.748. The Morgan fingerprint density at radius 3 is 2.63 bits per heavy atom. The molecule has 0 aliphatic carbocycles. The molecule has 0 atom stereocenters. The fourth-order valence-electron chi connectivity index (χ4n) is 2.19. The molecule has 0 saturated heterocycles. The van der Waals surface area contributed by atoms with Crippen LogP contribution in [0.1, 0.15) is 32.4 Å². The third-order valence-corrected chi connectivity index (χ3v) is 3.38. The van der Waals surface area contributed by atoms with Gasteiger partial charge in [-0.05, 0) is 18.3 Å². The van der Waals surface area contributed by atoms with Crippen LogP contribution in [0.3, 0.4) is 0 Å². The van der Waals surface area contributed by atoms with E-state index in [1.54, 1.807) is 0 Å². The molecule has 1 rings (SSSR count). The molecule has 2 N–H and O–H groups in total. The summed E-state index contributed by atoms with van der Waals surface area (Å²) in [6, 6.07) is 0. The van der Waals surface area contributed by atoms with Gasteiger partial charge in [0.05, 0.1) is 11.9 Å². The molecule has 0 aliphatic rings. The molecule has 0 bridgehead atoms. The van der Waals surface area contributed by atoms with Crippen LogP contribution >= 0.6 is 0 Å². The molecular formula is C14H28N4O. The Morgan fingerprint density at radius 1 is 1.42 bits per heavy atom. The average Bonchev–Trinajstić information content (AvgIpc) is 2.68. The van der Waals surface area contributed by atoms with Crippen molar-refractivity contribution in [1.29, 1.82) is 0 Å². The van der Waals surface area contributed by atoms with Crippen LogP contribution in [0.5, 0.6) is 0 Å². The number of rotatable bonds is 8. The zero-order chi connectivity index (χ0) is 14.5. The van der Waals surface area contributed by atoms with Crippen molar-refractivity contribution in [3.8, 4) is 0 Å². The van der Waals surface area contributed by atoms with E-state index in [2.05, 4.69) is 28.7 Å². The lowest BCUT2D eigenvalue weighted by molar-refractivity contribution is 0.236. The molecular weight excluding hydrogens is 240 g/mol. The van der Waals surface area contributed by atoms with Crippen molar-refractivity contribution in [3.05, 3.63) is 11.9 Å². The van der Waals surface area contributed by atoms with Gasteiger partial charge in [0.2, 0.25) is 5.95 Å². The highest BCUT2D eigenvalue weighted by molar-refractivity contribution is 5.30. The number of anilines is 1. The van der Waals surface area contributed by atoms with Gasteiger partial charge in [-0.2, -0.15) is 0 Å². The van der Waals surface area contributed by atoms with Gasteiger partial charge in [0, 0.05) is 40.8 Å². The summed E-state index contributed by atoms with van der Waals surface area (Å²) in [6.45, 7) is 6.49. The van der Waals surface area contributed by atoms with Crippen LogP contribution in [0.4, 0.5) is 5.95 Å². The second-order valence-electron chi connectivity index (χ2n) is 6.10. The normalized spacial score (nSPS) is 11.9. The summed E-state index contributed by atoms with van der Waals surface area (Å²) in [5.41, 5.74) is 1.40. The van der Waals surface area contributed by atoms with Crippen molar-refractivity contribution in [2.24, 2.45) is 12.5 Å². The summed E-state index contributed by atoms with van der Waals surface area (Å²) in [5.74, 6) is 0.969. The maximum atomic E-state index is 8.89. The van der Waals surface area contributed by atoms with Crippen LogP contribution in [0.15, 0.2) is 6.20 Å². The van der Waals surface area contributed by atoms with Gasteiger partial charge < -0.3 is 19.9 Å². The van der Waals surface area contributed by atoms with Crippen molar-refractivity contribution in [1.82, 2.24) is 14.9 Å². The Hall–Kier alpha value is -1.07. The minimum Gasteiger partial charge on any atom is -0.396 e. The number of nitrogens with one attached hydrogen (secondary N) is 1. The molecule has 110 valence electrons. The highest BCUT2D eigenvalue weighted by Gasteiger charge is 2.17. The van der Waals surface area contributed by atoms with Crippen LogP contribution in [0.2, 0.25) is 0 Å². The maximum Gasteiger partial charge on any atom is 0.204 e. The van der Waals surface area contributed by atoms with Gasteiger partial charge in [-0.1, -0.05) is 13.8 Å². The monoisotopic (exact) mass is 268 g/mol. The molecule has 1 aromatic rings. The predicted octanol–water partition coefficient (Wildman–Crippen LogP) is 1.37. The Labute approximate surface area is 116 Å². The minimum atomic E-state index is 0.214. The lowest BCUT2D eigenvalue weighted by Crippen LogP contribution is -2.30. The molecule has 5 heteroatoms. The molecule has 0 amide bonds. The first-order chi connectivity index (χ1) is 8.87. The van der Waals surface area contributed by atoms with Crippen molar-refractivity contribution in [2.45, 2.75) is 33.2 Å². The van der Waals surface area contributed by atoms with Crippen molar-refractivity contribution >= 4 is 5.95 Å². The SMILES string of the molecule is CN(C)c1ncc(CNCC(C)(C)CCCO)n1C. The molecule has 0 saturated carbocycles. The molecule has 0 unspecified atom stereocenters. The standard InChI is InChI=1S/C14H28N4O/c1-14(2,7-6-8-19)11-15-9-12-10-16-13(17(3)4)18(12)5/h10,15,19H,6-9,11H2,1-5H3. The highest BCUT2D eigenvalue weighted by Crippen LogP contribution is 2.21. The van der Waals surface area contributed by atoms with Gasteiger partial charge in [-0.15, -0.1) is 0 Å². The second-order valence-corrected chi connectivity index (χ2v) is 6.10. The maximum absolute atomic E-state index is 8.89. The van der Waals surface area contributed by atoms with E-state index in [0.717, 1.165) is 31.9 Å². The third-order valence-electron chi connectivity index (χ3n) is 3.38. The fraction of sp³-hybridized carbons (Fsp3) is 0.786. The van der Waals surface area contributed by atoms with Crippen molar-refractivity contribution in [2.75, 3.05) is 32.1 Å². The largest absolute Gasteiger partial charge is 0.396 e.